The summed E-state index contributed by atoms with van der Waals surface area (Å²) < 4.78 is 2.01. The van der Waals surface area contributed by atoms with E-state index in [1.54, 1.807) is 0 Å². The highest BCUT2D eigenvalue weighted by Gasteiger charge is 2.22. The summed E-state index contributed by atoms with van der Waals surface area (Å²) in [6.45, 7) is 7.98. The van der Waals surface area contributed by atoms with Crippen LogP contribution in [0.3, 0.4) is 0 Å². The lowest BCUT2D eigenvalue weighted by Crippen LogP contribution is -2.46. The summed E-state index contributed by atoms with van der Waals surface area (Å²) >= 11 is 0. The van der Waals surface area contributed by atoms with Gasteiger partial charge in [-0.1, -0.05) is 13.8 Å². The van der Waals surface area contributed by atoms with Gasteiger partial charge < -0.3 is 20.3 Å². The van der Waals surface area contributed by atoms with Gasteiger partial charge in [-0.05, 0) is 31.4 Å². The second-order valence-corrected chi connectivity index (χ2v) is 5.17. The molecule has 0 amide bonds. The smallest absolute Gasteiger partial charge is 0.191 e. The fourth-order valence-corrected chi connectivity index (χ4v) is 1.91. The monoisotopic (exact) mass is 408 g/mol. The van der Waals surface area contributed by atoms with Crippen LogP contribution in [0.1, 0.15) is 39.2 Å². The molecular formula is C15H29IN4O. The summed E-state index contributed by atoms with van der Waals surface area (Å²) in [6, 6.07) is 2.06. The molecule has 3 N–H and O–H groups in total. The molecule has 0 spiro atoms. The van der Waals surface area contributed by atoms with Crippen molar-refractivity contribution in [2.75, 3.05) is 13.1 Å². The van der Waals surface area contributed by atoms with Gasteiger partial charge in [-0.25, -0.2) is 4.99 Å². The number of halogens is 1. The van der Waals surface area contributed by atoms with E-state index in [1.165, 1.54) is 5.56 Å². The van der Waals surface area contributed by atoms with Gasteiger partial charge in [0.25, 0.3) is 0 Å². The maximum atomic E-state index is 10.3. The molecule has 0 bridgehead atoms. The molecule has 0 saturated carbocycles. The Balaban J connectivity index is 0.00000400. The molecule has 21 heavy (non-hydrogen) atoms. The van der Waals surface area contributed by atoms with Gasteiger partial charge in [0, 0.05) is 32.5 Å². The summed E-state index contributed by atoms with van der Waals surface area (Å²) in [5.41, 5.74) is 0.508. The van der Waals surface area contributed by atoms with E-state index in [1.807, 2.05) is 38.6 Å². The van der Waals surface area contributed by atoms with Crippen LogP contribution in [0.2, 0.25) is 0 Å². The normalized spacial score (nSPS) is 12.0. The average molecular weight is 408 g/mol. The molecule has 0 radical (unpaired) electrons. The average Bonchev–Trinajstić information content (AvgIpc) is 2.87. The Kier molecular flexibility index (Phi) is 9.68. The van der Waals surface area contributed by atoms with Gasteiger partial charge in [0.1, 0.15) is 0 Å². The molecule has 0 fully saturated rings. The molecule has 1 aromatic rings. The molecule has 0 saturated heterocycles. The summed E-state index contributed by atoms with van der Waals surface area (Å²) in [4.78, 5) is 4.54. The highest BCUT2D eigenvalue weighted by atomic mass is 127. The minimum absolute atomic E-state index is 0. The quantitative estimate of drug-likeness (QED) is 0.369. The van der Waals surface area contributed by atoms with Crippen molar-refractivity contribution in [1.29, 1.82) is 0 Å². The molecule has 1 aromatic heterocycles. The van der Waals surface area contributed by atoms with Crippen LogP contribution >= 0.6 is 24.0 Å². The van der Waals surface area contributed by atoms with Crippen LogP contribution in [0.25, 0.3) is 0 Å². The van der Waals surface area contributed by atoms with Crippen molar-refractivity contribution in [2.45, 2.75) is 45.8 Å². The number of aliphatic hydroxyl groups is 1. The van der Waals surface area contributed by atoms with E-state index in [0.717, 1.165) is 25.3 Å². The molecule has 1 rings (SSSR count). The van der Waals surface area contributed by atoms with E-state index < -0.39 is 5.60 Å². The Bertz CT molecular complexity index is 427. The molecule has 0 unspecified atom stereocenters. The van der Waals surface area contributed by atoms with Gasteiger partial charge in [0.2, 0.25) is 0 Å². The zero-order chi connectivity index (χ0) is 15.0. The van der Waals surface area contributed by atoms with Gasteiger partial charge in [-0.15, -0.1) is 24.0 Å². The number of aromatic nitrogens is 1. The molecule has 0 aliphatic carbocycles. The number of hydrogen-bond acceptors (Lipinski definition) is 2. The molecular weight excluding hydrogens is 379 g/mol. The Morgan fingerprint density at radius 3 is 2.43 bits per heavy atom. The highest BCUT2D eigenvalue weighted by Crippen LogP contribution is 2.12. The maximum absolute atomic E-state index is 10.3. The third-order valence-electron chi connectivity index (χ3n) is 3.56. The topological polar surface area (TPSA) is 61.6 Å². The third kappa shape index (κ3) is 7.17. The fraction of sp³-hybridized carbons (Fsp3) is 0.667. The van der Waals surface area contributed by atoms with Gasteiger partial charge in [0.15, 0.2) is 5.96 Å². The van der Waals surface area contributed by atoms with Gasteiger partial charge in [0.05, 0.1) is 12.1 Å². The lowest BCUT2D eigenvalue weighted by Gasteiger charge is -2.26. The van der Waals surface area contributed by atoms with Crippen molar-refractivity contribution < 1.29 is 5.11 Å². The van der Waals surface area contributed by atoms with E-state index in [4.69, 9.17) is 0 Å². The first-order chi connectivity index (χ1) is 9.53. The van der Waals surface area contributed by atoms with Crippen LogP contribution in [0.4, 0.5) is 0 Å². The molecule has 5 nitrogen and oxygen atoms in total. The van der Waals surface area contributed by atoms with Crippen molar-refractivity contribution >= 4 is 29.9 Å². The van der Waals surface area contributed by atoms with E-state index in [9.17, 15) is 5.11 Å². The first-order valence-corrected chi connectivity index (χ1v) is 7.38. The Hall–Kier alpha value is -0.760. The lowest BCUT2D eigenvalue weighted by atomic mass is 9.98. The third-order valence-corrected chi connectivity index (χ3v) is 3.56. The van der Waals surface area contributed by atoms with E-state index in [2.05, 4.69) is 27.9 Å². The van der Waals surface area contributed by atoms with Crippen LogP contribution in [0.5, 0.6) is 0 Å². The van der Waals surface area contributed by atoms with Gasteiger partial charge >= 0.3 is 0 Å². The first-order valence-electron chi connectivity index (χ1n) is 7.38. The molecule has 0 atom stereocenters. The number of aliphatic imine (C=N–C) groups is 1. The number of guanidine groups is 1. The highest BCUT2D eigenvalue weighted by molar-refractivity contribution is 14.0. The molecule has 1 heterocycles. The summed E-state index contributed by atoms with van der Waals surface area (Å²) in [7, 11) is 2.00. The number of nitrogens with zero attached hydrogens (tertiary/aromatic N) is 2. The van der Waals surface area contributed by atoms with E-state index >= 15 is 0 Å². The minimum Gasteiger partial charge on any atom is -0.388 e. The zero-order valence-corrected chi connectivity index (χ0v) is 15.8. The zero-order valence-electron chi connectivity index (χ0n) is 13.5. The van der Waals surface area contributed by atoms with Crippen LogP contribution in [0.15, 0.2) is 23.5 Å². The summed E-state index contributed by atoms with van der Waals surface area (Å²) in [6.07, 6.45) is 5.53. The summed E-state index contributed by atoms with van der Waals surface area (Å²) in [5.74, 6) is 0.747. The Morgan fingerprint density at radius 2 is 1.95 bits per heavy atom. The number of nitrogens with one attached hydrogen (secondary N) is 2. The lowest BCUT2D eigenvalue weighted by molar-refractivity contribution is 0.0367. The predicted molar refractivity (Wildman–Crippen MR) is 99.2 cm³/mol. The summed E-state index contributed by atoms with van der Waals surface area (Å²) in [5, 5.41) is 16.7. The largest absolute Gasteiger partial charge is 0.388 e. The number of rotatable bonds is 7. The standard InChI is InChI=1S/C15H28N4O.HI/c1-5-15(20,6-2)12-18-14(16-7-3)17-10-13-8-9-19(4)11-13;/h8-9,11,20H,5-7,10,12H2,1-4H3,(H2,16,17,18);1H. The van der Waals surface area contributed by atoms with Crippen molar-refractivity contribution in [2.24, 2.45) is 12.0 Å². The maximum Gasteiger partial charge on any atom is 0.191 e. The van der Waals surface area contributed by atoms with Crippen LogP contribution in [0, 0.1) is 0 Å². The second kappa shape index (κ2) is 10.0. The second-order valence-electron chi connectivity index (χ2n) is 5.17. The van der Waals surface area contributed by atoms with Crippen molar-refractivity contribution in [3.63, 3.8) is 0 Å². The molecule has 0 aromatic carbocycles. The molecule has 122 valence electrons. The van der Waals surface area contributed by atoms with Crippen LogP contribution < -0.4 is 10.6 Å². The van der Waals surface area contributed by atoms with Crippen molar-refractivity contribution in [3.05, 3.63) is 24.0 Å². The van der Waals surface area contributed by atoms with Crippen molar-refractivity contribution in [1.82, 2.24) is 15.2 Å². The SMILES string of the molecule is CCNC(=NCc1ccn(C)c1)NCC(O)(CC)CC.I. The van der Waals surface area contributed by atoms with Crippen LogP contribution in [-0.2, 0) is 13.6 Å². The van der Waals surface area contributed by atoms with E-state index in [0.29, 0.717) is 13.1 Å². The fourth-order valence-electron chi connectivity index (χ4n) is 1.91. The molecule has 6 heteroatoms. The van der Waals surface area contributed by atoms with Crippen LogP contribution in [-0.4, -0.2) is 34.3 Å². The van der Waals surface area contributed by atoms with Gasteiger partial charge in [-0.2, -0.15) is 0 Å². The van der Waals surface area contributed by atoms with Gasteiger partial charge in [-0.3, -0.25) is 0 Å². The van der Waals surface area contributed by atoms with Crippen molar-refractivity contribution in [3.8, 4) is 0 Å². The first kappa shape index (κ1) is 20.2. The number of hydrogen-bond donors (Lipinski definition) is 3. The Labute approximate surface area is 145 Å². The Morgan fingerprint density at radius 1 is 1.29 bits per heavy atom. The molecule has 0 aliphatic heterocycles. The predicted octanol–water partition coefficient (Wildman–Crippen LogP) is 2.25. The number of aryl methyl sites for hydroxylation is 1. The molecule has 0 aliphatic rings. The van der Waals surface area contributed by atoms with E-state index in [-0.39, 0.29) is 24.0 Å². The minimum atomic E-state index is -0.664.